The molecule has 1 amide bonds. The van der Waals surface area contributed by atoms with Crippen LogP contribution in [0, 0.1) is 0 Å². The smallest absolute Gasteiger partial charge is 0.425 e. The highest BCUT2D eigenvalue weighted by atomic mass is 79.9. The number of nitrogens with zero attached hydrogens (tertiary/aromatic N) is 2. The maximum Gasteiger partial charge on any atom is 0.425 e. The van der Waals surface area contributed by atoms with Crippen molar-refractivity contribution in [2.75, 3.05) is 35.9 Å². The number of carbonyl (C=O) groups is 1. The van der Waals surface area contributed by atoms with Gasteiger partial charge in [0.25, 0.3) is 0 Å². The number of aliphatic hydroxyl groups is 1. The molecule has 0 radical (unpaired) electrons. The molecule has 1 N–H and O–H groups in total. The van der Waals surface area contributed by atoms with Gasteiger partial charge in [0.1, 0.15) is 6.61 Å². The predicted octanol–water partition coefficient (Wildman–Crippen LogP) is 1.12. The van der Waals surface area contributed by atoms with Crippen LogP contribution in [0.25, 0.3) is 0 Å². The monoisotopic (exact) mass is 392 g/mol. The number of hydrogen-bond acceptors (Lipinski definition) is 5. The molecule has 22 heavy (non-hydrogen) atoms. The Morgan fingerprint density at radius 2 is 1.91 bits per heavy atom. The maximum atomic E-state index is 12.4. The molecule has 1 saturated heterocycles. The summed E-state index contributed by atoms with van der Waals surface area (Å²) in [5.74, 6) is 0. The van der Waals surface area contributed by atoms with E-state index in [-0.39, 0.29) is 19.8 Å². The summed E-state index contributed by atoms with van der Waals surface area (Å²) in [6.07, 6.45) is -0.127. The molecule has 7 nitrogen and oxygen atoms in total. The molecule has 0 aliphatic carbocycles. The number of para-hydroxylation sites is 1. The maximum absolute atomic E-state index is 12.4. The average Bonchev–Trinajstić information content (AvgIpc) is 3.14. The van der Waals surface area contributed by atoms with Gasteiger partial charge >= 0.3 is 16.3 Å². The van der Waals surface area contributed by atoms with E-state index < -0.39 is 16.3 Å². The molecule has 2 aliphatic rings. The number of ether oxygens (including phenoxy) is 1. The van der Waals surface area contributed by atoms with E-state index in [4.69, 9.17) is 5.11 Å². The molecule has 3 rings (SSSR count). The zero-order chi connectivity index (χ0) is 16.2. The Balaban J connectivity index is 0.000000396. The first kappa shape index (κ1) is 17.0. The molecule has 1 aromatic carbocycles. The minimum absolute atomic E-state index is 0.0832. The topological polar surface area (TPSA) is 87.2 Å². The Morgan fingerprint density at radius 3 is 2.50 bits per heavy atom. The summed E-state index contributed by atoms with van der Waals surface area (Å²) in [5, 5.41) is 8.52. The minimum atomic E-state index is -3.81. The van der Waals surface area contributed by atoms with Gasteiger partial charge in [0.15, 0.2) is 0 Å². The van der Waals surface area contributed by atoms with Gasteiger partial charge in [-0.25, -0.2) is 4.79 Å². The molecule has 0 bridgehead atoms. The predicted molar refractivity (Wildman–Crippen MR) is 85.3 cm³/mol. The van der Waals surface area contributed by atoms with Crippen molar-refractivity contribution in [3.05, 3.63) is 29.8 Å². The normalized spacial score (nSPS) is 16.9. The van der Waals surface area contributed by atoms with Crippen molar-refractivity contribution in [1.82, 2.24) is 4.31 Å². The molecule has 0 spiro atoms. The molecule has 1 aromatic rings. The van der Waals surface area contributed by atoms with Gasteiger partial charge in [0.2, 0.25) is 0 Å². The van der Waals surface area contributed by atoms with Crippen molar-refractivity contribution in [2.24, 2.45) is 0 Å². The first-order chi connectivity index (χ1) is 10.5. The van der Waals surface area contributed by atoms with Crippen LogP contribution in [0.4, 0.5) is 10.5 Å². The van der Waals surface area contributed by atoms with Gasteiger partial charge in [-0.15, -0.1) is 0 Å². The van der Waals surface area contributed by atoms with Crippen LogP contribution in [0.3, 0.4) is 0 Å². The lowest BCUT2D eigenvalue weighted by molar-refractivity contribution is 0.170. The molecule has 0 aromatic heterocycles. The number of aliphatic hydroxyl groups excluding tert-OH is 1. The first-order valence-corrected chi connectivity index (χ1v) is 9.26. The second-order valence-electron chi connectivity index (χ2n) is 4.56. The van der Waals surface area contributed by atoms with Crippen LogP contribution in [-0.2, 0) is 21.4 Å². The van der Waals surface area contributed by atoms with E-state index in [0.717, 1.165) is 9.87 Å². The van der Waals surface area contributed by atoms with Crippen molar-refractivity contribution >= 4 is 37.9 Å². The fourth-order valence-corrected chi connectivity index (χ4v) is 3.79. The zero-order valence-electron chi connectivity index (χ0n) is 11.8. The van der Waals surface area contributed by atoms with Crippen molar-refractivity contribution in [1.29, 1.82) is 0 Å². The summed E-state index contributed by atoms with van der Waals surface area (Å²) in [6.45, 7) is 0.804. The van der Waals surface area contributed by atoms with Crippen LogP contribution in [0.2, 0.25) is 0 Å². The summed E-state index contributed by atoms with van der Waals surface area (Å²) in [4.78, 5) is 11.4. The second kappa shape index (κ2) is 7.30. The quantitative estimate of drug-likeness (QED) is 0.778. The number of halogens is 1. The third kappa shape index (κ3) is 3.36. The second-order valence-corrected chi connectivity index (χ2v) is 7.13. The first-order valence-electron chi connectivity index (χ1n) is 6.74. The fourth-order valence-electron chi connectivity index (χ4n) is 2.26. The van der Waals surface area contributed by atoms with Crippen LogP contribution in [0.15, 0.2) is 24.3 Å². The Bertz CT molecular complexity index is 635. The van der Waals surface area contributed by atoms with Crippen LogP contribution in [-0.4, -0.2) is 55.6 Å². The van der Waals surface area contributed by atoms with E-state index in [1.165, 1.54) is 4.31 Å². The van der Waals surface area contributed by atoms with E-state index in [1.54, 1.807) is 12.1 Å². The number of rotatable bonds is 3. The third-order valence-corrected chi connectivity index (χ3v) is 5.39. The minimum Gasteiger partial charge on any atom is -0.447 e. The van der Waals surface area contributed by atoms with Gasteiger partial charge in [-0.2, -0.15) is 12.7 Å². The van der Waals surface area contributed by atoms with Crippen molar-refractivity contribution in [3.8, 4) is 0 Å². The molecule has 0 atom stereocenters. The van der Waals surface area contributed by atoms with Crippen LogP contribution >= 0.6 is 15.9 Å². The molecule has 1 fully saturated rings. The summed E-state index contributed by atoms with van der Waals surface area (Å²) >= 11 is 3.00. The van der Waals surface area contributed by atoms with E-state index >= 15 is 0 Å². The Kier molecular flexibility index (Phi) is 5.65. The highest BCUT2D eigenvalue weighted by Gasteiger charge is 2.40. The number of anilines is 1. The van der Waals surface area contributed by atoms with Crippen molar-refractivity contribution in [3.63, 3.8) is 0 Å². The van der Waals surface area contributed by atoms with E-state index in [0.29, 0.717) is 24.0 Å². The molecule has 2 aliphatic heterocycles. The number of hydrogen-bond donors (Lipinski definition) is 1. The van der Waals surface area contributed by atoms with Crippen LogP contribution < -0.4 is 4.31 Å². The Morgan fingerprint density at radius 1 is 1.23 bits per heavy atom. The fraction of sp³-hybridized carbons (Fsp3) is 0.462. The summed E-state index contributed by atoms with van der Waals surface area (Å²) in [6, 6.07) is 7.31. The summed E-state index contributed by atoms with van der Waals surface area (Å²) < 4.78 is 31.5. The number of amides is 1. The van der Waals surface area contributed by atoms with Gasteiger partial charge in [-0.3, -0.25) is 4.31 Å². The van der Waals surface area contributed by atoms with Gasteiger partial charge in [0, 0.05) is 11.9 Å². The van der Waals surface area contributed by atoms with E-state index in [1.807, 2.05) is 12.1 Å². The number of fused-ring (bicyclic) bond motifs is 1. The van der Waals surface area contributed by atoms with Gasteiger partial charge in [-0.05, 0) is 18.1 Å². The van der Waals surface area contributed by atoms with Gasteiger partial charge < -0.3 is 9.84 Å². The van der Waals surface area contributed by atoms with E-state index in [9.17, 15) is 13.2 Å². The molecule has 9 heteroatoms. The molecule has 0 saturated carbocycles. The lowest BCUT2D eigenvalue weighted by Gasteiger charge is -2.23. The Hall–Kier alpha value is -1.32. The highest BCUT2D eigenvalue weighted by Crippen LogP contribution is 2.31. The third-order valence-electron chi connectivity index (χ3n) is 3.21. The lowest BCUT2D eigenvalue weighted by Crippen LogP contribution is -2.43. The molecule has 2 heterocycles. The molecule has 122 valence electrons. The zero-order valence-corrected chi connectivity index (χ0v) is 14.2. The largest absolute Gasteiger partial charge is 0.447 e. The highest BCUT2D eigenvalue weighted by molar-refractivity contribution is 9.09. The summed E-state index contributed by atoms with van der Waals surface area (Å²) in [7, 11) is -3.81. The lowest BCUT2D eigenvalue weighted by atomic mass is 10.2. The Labute approximate surface area is 137 Å². The van der Waals surface area contributed by atoms with E-state index in [2.05, 4.69) is 20.7 Å². The molecular weight excluding hydrogens is 376 g/mol. The van der Waals surface area contributed by atoms with Gasteiger partial charge in [0.05, 0.1) is 18.8 Å². The number of alkyl halides is 1. The molecule has 0 unspecified atom stereocenters. The van der Waals surface area contributed by atoms with Crippen molar-refractivity contribution in [2.45, 2.75) is 6.42 Å². The molecular formula is C13H17BrN2O5S. The van der Waals surface area contributed by atoms with Gasteiger partial charge in [-0.1, -0.05) is 34.1 Å². The summed E-state index contributed by atoms with van der Waals surface area (Å²) in [5.41, 5.74) is 1.63. The number of benzene rings is 1. The standard InChI is InChI=1S/C11H12N2O4S.C2H5BrO/c14-11-13(7-8-17-11)18(15,16)12-6-5-9-3-1-2-4-10(9)12;3-1-2-4/h1-4H,5-8H2;4H,1-2H2. The average molecular weight is 393 g/mol. The number of carbonyl (C=O) groups excluding carboxylic acids is 1. The van der Waals surface area contributed by atoms with Crippen LogP contribution in [0.5, 0.6) is 0 Å². The SMILES string of the molecule is O=C1OCCN1S(=O)(=O)N1CCc2ccccc21.OCCBr. The van der Waals surface area contributed by atoms with Crippen molar-refractivity contribution < 1.29 is 23.1 Å². The van der Waals surface area contributed by atoms with Crippen LogP contribution in [0.1, 0.15) is 5.56 Å². The number of cyclic esters (lactones) is 1.